The van der Waals surface area contributed by atoms with E-state index in [2.05, 4.69) is 15.3 Å². The molecule has 0 saturated carbocycles. The third kappa shape index (κ3) is 5.08. The zero-order valence-electron chi connectivity index (χ0n) is 22.6. The van der Waals surface area contributed by atoms with Crippen LogP contribution in [0, 0.1) is 5.82 Å². The number of fused-ring (bicyclic) bond motifs is 2. The first kappa shape index (κ1) is 29.7. The van der Waals surface area contributed by atoms with Gasteiger partial charge in [0.2, 0.25) is 5.60 Å². The molecular weight excluding hydrogens is 576 g/mol. The van der Waals surface area contributed by atoms with Gasteiger partial charge in [-0.25, -0.2) is 14.9 Å². The van der Waals surface area contributed by atoms with E-state index in [1.165, 1.54) is 50.0 Å². The fourth-order valence-corrected chi connectivity index (χ4v) is 4.80. The van der Waals surface area contributed by atoms with Gasteiger partial charge in [-0.05, 0) is 55.5 Å². The second-order valence-electron chi connectivity index (χ2n) is 10.1. The summed E-state index contributed by atoms with van der Waals surface area (Å²) in [6, 6.07) is 11.4. The molecule has 4 aromatic rings. The van der Waals surface area contributed by atoms with E-state index in [-0.39, 0.29) is 40.5 Å². The number of amides is 2. The Bertz CT molecular complexity index is 1730. The number of benzene rings is 2. The third-order valence-electron chi connectivity index (χ3n) is 7.34. The van der Waals surface area contributed by atoms with E-state index >= 15 is 0 Å². The monoisotopic (exact) mass is 600 g/mol. The van der Waals surface area contributed by atoms with Gasteiger partial charge in [-0.2, -0.15) is 13.2 Å². The van der Waals surface area contributed by atoms with Crippen LogP contribution in [0.25, 0.3) is 22.2 Å². The van der Waals surface area contributed by atoms with Crippen LogP contribution >= 0.6 is 0 Å². The predicted molar refractivity (Wildman–Crippen MR) is 143 cm³/mol. The SMILES string of the molecule is COc1cc(C(=O)NC[C@](O)(c2cc3c(c(-c4ccc(F)cc4)n2)OC[C@]3(C)C(=O)NO)C(F)(F)F)cc2cccnc12. The number of alkyl halides is 3. The topological polar surface area (TPSA) is 143 Å². The second-order valence-corrected chi connectivity index (χ2v) is 10.1. The van der Waals surface area contributed by atoms with Crippen molar-refractivity contribution in [3.8, 4) is 22.8 Å². The Kier molecular flexibility index (Phi) is 7.44. The number of rotatable bonds is 7. The van der Waals surface area contributed by atoms with Crippen molar-refractivity contribution in [1.82, 2.24) is 20.8 Å². The van der Waals surface area contributed by atoms with Crippen molar-refractivity contribution in [3.05, 3.63) is 83.4 Å². The highest BCUT2D eigenvalue weighted by Crippen LogP contribution is 2.48. The number of carbonyl (C=O) groups is 2. The Hall–Kier alpha value is -4.82. The highest BCUT2D eigenvalue weighted by atomic mass is 19.4. The van der Waals surface area contributed by atoms with Crippen molar-refractivity contribution in [1.29, 1.82) is 0 Å². The number of pyridine rings is 2. The van der Waals surface area contributed by atoms with Crippen LogP contribution < -0.4 is 20.3 Å². The highest BCUT2D eigenvalue weighted by molar-refractivity contribution is 6.00. The Morgan fingerprint density at radius 1 is 1.14 bits per heavy atom. The van der Waals surface area contributed by atoms with Crippen LogP contribution in [0.1, 0.15) is 28.5 Å². The van der Waals surface area contributed by atoms with Crippen LogP contribution in [0.5, 0.6) is 11.5 Å². The fourth-order valence-electron chi connectivity index (χ4n) is 4.80. The lowest BCUT2D eigenvalue weighted by atomic mass is 9.81. The second kappa shape index (κ2) is 10.8. The maximum Gasteiger partial charge on any atom is 0.424 e. The van der Waals surface area contributed by atoms with E-state index in [0.29, 0.717) is 10.9 Å². The number of halogens is 4. The first-order chi connectivity index (χ1) is 20.3. The van der Waals surface area contributed by atoms with Crippen LogP contribution in [0.15, 0.2) is 60.8 Å². The van der Waals surface area contributed by atoms with E-state index in [1.54, 1.807) is 12.1 Å². The first-order valence-corrected chi connectivity index (χ1v) is 12.7. The molecule has 3 heterocycles. The number of methoxy groups -OCH3 is 1. The minimum atomic E-state index is -5.39. The lowest BCUT2D eigenvalue weighted by Gasteiger charge is -2.31. The Balaban J connectivity index is 1.60. The molecule has 2 atom stereocenters. The van der Waals surface area contributed by atoms with Crippen molar-refractivity contribution < 1.29 is 46.9 Å². The summed E-state index contributed by atoms with van der Waals surface area (Å²) in [6.07, 6.45) is -3.88. The standard InChI is InChI=1S/C29H24F4N4O6/c1-27(26(39)37-41)14-43-24-19(27)12-21(36-23(24)15-5-7-18(30)8-6-15)28(40,29(31,32)33)13-35-25(38)17-10-16-4-3-9-34-22(16)20(11-17)42-2/h3-12,40-41H,13-14H2,1-2H3,(H,35,38)(H,37,39)/t27-,28-/m0/s1. The lowest BCUT2D eigenvalue weighted by molar-refractivity contribution is -0.265. The molecule has 2 aromatic carbocycles. The van der Waals surface area contributed by atoms with Gasteiger partial charge in [-0.1, -0.05) is 6.07 Å². The van der Waals surface area contributed by atoms with Gasteiger partial charge < -0.3 is 19.9 Å². The number of hydrogen-bond acceptors (Lipinski definition) is 8. The summed E-state index contributed by atoms with van der Waals surface area (Å²) in [5, 5.41) is 23.1. The molecule has 14 heteroatoms. The number of hydrogen-bond donors (Lipinski definition) is 4. The fraction of sp³-hybridized carbons (Fsp3) is 0.241. The van der Waals surface area contributed by atoms with Crippen molar-refractivity contribution in [2.75, 3.05) is 20.3 Å². The molecule has 0 aliphatic carbocycles. The van der Waals surface area contributed by atoms with Gasteiger partial charge >= 0.3 is 6.18 Å². The quantitative estimate of drug-likeness (QED) is 0.143. The van der Waals surface area contributed by atoms with Gasteiger partial charge in [0.15, 0.2) is 0 Å². The molecule has 2 aromatic heterocycles. The van der Waals surface area contributed by atoms with E-state index in [1.807, 2.05) is 0 Å². The minimum absolute atomic E-state index is 0.0589. The molecule has 1 aliphatic heterocycles. The number of aromatic nitrogens is 2. The van der Waals surface area contributed by atoms with Crippen LogP contribution in [0.2, 0.25) is 0 Å². The van der Waals surface area contributed by atoms with Gasteiger partial charge in [0.1, 0.15) is 40.5 Å². The Morgan fingerprint density at radius 3 is 2.51 bits per heavy atom. The van der Waals surface area contributed by atoms with Gasteiger partial charge in [-0.15, -0.1) is 0 Å². The van der Waals surface area contributed by atoms with Gasteiger partial charge in [0.05, 0.1) is 19.3 Å². The van der Waals surface area contributed by atoms with Crippen LogP contribution in [-0.4, -0.2) is 58.5 Å². The van der Waals surface area contributed by atoms with Crippen LogP contribution in [0.3, 0.4) is 0 Å². The summed E-state index contributed by atoms with van der Waals surface area (Å²) in [4.78, 5) is 33.9. The molecule has 5 rings (SSSR count). The summed E-state index contributed by atoms with van der Waals surface area (Å²) in [7, 11) is 1.35. The van der Waals surface area contributed by atoms with Crippen molar-refractivity contribution in [3.63, 3.8) is 0 Å². The minimum Gasteiger partial charge on any atom is -0.494 e. The number of carbonyl (C=O) groups excluding carboxylic acids is 2. The first-order valence-electron chi connectivity index (χ1n) is 12.7. The summed E-state index contributed by atoms with van der Waals surface area (Å²) in [5.74, 6) is -2.46. The normalized spacial score (nSPS) is 17.5. The Labute approximate surface area is 241 Å². The predicted octanol–water partition coefficient (Wildman–Crippen LogP) is 3.78. The van der Waals surface area contributed by atoms with Crippen molar-refractivity contribution >= 4 is 22.7 Å². The smallest absolute Gasteiger partial charge is 0.424 e. The molecular formula is C29H24F4N4O6. The number of aliphatic hydroxyl groups is 1. The van der Waals surface area contributed by atoms with Gasteiger partial charge in [0, 0.05) is 28.3 Å². The number of nitrogens with zero attached hydrogens (tertiary/aromatic N) is 2. The van der Waals surface area contributed by atoms with Crippen molar-refractivity contribution in [2.24, 2.45) is 0 Å². The molecule has 224 valence electrons. The third-order valence-corrected chi connectivity index (χ3v) is 7.34. The Morgan fingerprint density at radius 2 is 1.86 bits per heavy atom. The van der Waals surface area contributed by atoms with Gasteiger partial charge in [-0.3, -0.25) is 19.8 Å². The maximum atomic E-state index is 14.7. The average Bonchev–Trinajstić information content (AvgIpc) is 3.35. The number of nitrogens with one attached hydrogen (secondary N) is 2. The number of hydroxylamine groups is 1. The molecule has 0 bridgehead atoms. The summed E-state index contributed by atoms with van der Waals surface area (Å²) in [6.45, 7) is -0.436. The average molecular weight is 601 g/mol. The summed E-state index contributed by atoms with van der Waals surface area (Å²) < 4.78 is 68.5. The largest absolute Gasteiger partial charge is 0.494 e. The molecule has 0 radical (unpaired) electrons. The van der Waals surface area contributed by atoms with E-state index in [4.69, 9.17) is 9.47 Å². The summed E-state index contributed by atoms with van der Waals surface area (Å²) in [5.41, 5.74) is -4.80. The van der Waals surface area contributed by atoms with Crippen LogP contribution in [0.4, 0.5) is 17.6 Å². The van der Waals surface area contributed by atoms with Gasteiger partial charge in [0.25, 0.3) is 11.8 Å². The molecule has 0 fully saturated rings. The van der Waals surface area contributed by atoms with Crippen molar-refractivity contribution in [2.45, 2.75) is 24.1 Å². The van der Waals surface area contributed by atoms with E-state index in [0.717, 1.165) is 18.2 Å². The number of ether oxygens (including phenoxy) is 2. The highest BCUT2D eigenvalue weighted by Gasteiger charge is 2.58. The van der Waals surface area contributed by atoms with E-state index in [9.17, 15) is 37.5 Å². The molecule has 10 nitrogen and oxygen atoms in total. The van der Waals surface area contributed by atoms with Crippen LogP contribution in [-0.2, 0) is 15.8 Å². The molecule has 0 saturated heterocycles. The lowest BCUT2D eigenvalue weighted by Crippen LogP contribution is -2.52. The zero-order valence-corrected chi connectivity index (χ0v) is 22.6. The summed E-state index contributed by atoms with van der Waals surface area (Å²) >= 11 is 0. The zero-order chi connectivity index (χ0) is 31.2. The molecule has 2 amide bonds. The molecule has 1 aliphatic rings. The molecule has 0 unspecified atom stereocenters. The van der Waals surface area contributed by atoms with E-state index < -0.39 is 47.1 Å². The molecule has 43 heavy (non-hydrogen) atoms. The molecule has 0 spiro atoms. The maximum absolute atomic E-state index is 14.7. The molecule has 4 N–H and O–H groups in total.